The second-order valence-corrected chi connectivity index (χ2v) is 5.39. The van der Waals surface area contributed by atoms with E-state index in [2.05, 4.69) is 15.5 Å². The predicted molar refractivity (Wildman–Crippen MR) is 91.4 cm³/mol. The third-order valence-corrected chi connectivity index (χ3v) is 3.32. The first-order valence-corrected chi connectivity index (χ1v) is 7.36. The van der Waals surface area contributed by atoms with Crippen LogP contribution in [0.1, 0.15) is 6.92 Å². The van der Waals surface area contributed by atoms with Gasteiger partial charge in [0.2, 0.25) is 0 Å². The molecule has 0 aliphatic carbocycles. The lowest BCUT2D eigenvalue weighted by Crippen LogP contribution is -2.15. The summed E-state index contributed by atoms with van der Waals surface area (Å²) < 4.78 is 0. The molecule has 0 aliphatic heterocycles. The number of anilines is 1. The maximum atomic E-state index is 12.3. The number of nitrogens with zero attached hydrogens (tertiary/aromatic N) is 2. The van der Waals surface area contributed by atoms with Gasteiger partial charge < -0.3 is 10.4 Å². The molecule has 2 rings (SSSR count). The number of rotatable bonds is 4. The van der Waals surface area contributed by atoms with Crippen LogP contribution in [0, 0.1) is 0 Å². The Labute approximate surface area is 143 Å². The van der Waals surface area contributed by atoms with Crippen LogP contribution in [0.3, 0.4) is 0 Å². The quantitative estimate of drug-likeness (QED) is 0.434. The van der Waals surface area contributed by atoms with E-state index in [0.29, 0.717) is 21.4 Å². The van der Waals surface area contributed by atoms with E-state index in [1.165, 1.54) is 13.0 Å². The van der Waals surface area contributed by atoms with Gasteiger partial charge in [0.25, 0.3) is 5.91 Å². The van der Waals surface area contributed by atoms with Gasteiger partial charge in [-0.3, -0.25) is 4.79 Å². The van der Waals surface area contributed by atoms with Crippen LogP contribution in [-0.2, 0) is 4.79 Å². The second-order valence-electron chi connectivity index (χ2n) is 4.55. The van der Waals surface area contributed by atoms with Crippen LogP contribution in [0.25, 0.3) is 0 Å². The Morgan fingerprint density at radius 2 is 1.83 bits per heavy atom. The summed E-state index contributed by atoms with van der Waals surface area (Å²) in [5.74, 6) is -0.908. The largest absolute Gasteiger partial charge is 0.510 e. The fraction of sp³-hybridized carbons (Fsp3) is 0.0625. The first-order chi connectivity index (χ1) is 11.0. The summed E-state index contributed by atoms with van der Waals surface area (Å²) in [5.41, 5.74) is 0.655. The Hall–Kier alpha value is -2.37. The normalized spacial score (nSPS) is 12.1. The number of aliphatic hydroxyl groups excluding tert-OH is 1. The number of amides is 1. The topological polar surface area (TPSA) is 74.0 Å². The molecule has 0 aromatic heterocycles. The van der Waals surface area contributed by atoms with Crippen LogP contribution < -0.4 is 5.32 Å². The molecule has 1 amide bonds. The Morgan fingerprint density at radius 1 is 1.13 bits per heavy atom. The van der Waals surface area contributed by atoms with E-state index in [-0.39, 0.29) is 11.5 Å². The summed E-state index contributed by atoms with van der Waals surface area (Å²) in [6, 6.07) is 13.5. The number of hydrogen-bond donors (Lipinski definition) is 2. The molecule has 2 N–H and O–H groups in total. The number of nitrogens with one attached hydrogen (secondary N) is 1. The maximum Gasteiger partial charge on any atom is 0.279 e. The van der Waals surface area contributed by atoms with Crippen molar-refractivity contribution in [2.45, 2.75) is 6.92 Å². The summed E-state index contributed by atoms with van der Waals surface area (Å²) in [7, 11) is 0. The van der Waals surface area contributed by atoms with Gasteiger partial charge in [-0.05, 0) is 37.3 Å². The zero-order valence-electron chi connectivity index (χ0n) is 12.1. The van der Waals surface area contributed by atoms with Gasteiger partial charge in [0.05, 0.1) is 16.4 Å². The second kappa shape index (κ2) is 7.76. The Bertz CT molecular complexity index is 770. The van der Waals surface area contributed by atoms with Crippen LogP contribution >= 0.6 is 23.2 Å². The summed E-state index contributed by atoms with van der Waals surface area (Å²) in [5, 5.41) is 20.7. The third-order valence-electron chi connectivity index (χ3n) is 2.76. The standard InChI is InChI=1S/C16H13Cl2N3O2/c1-10(22)15(21-20-12-5-3-2-4-6-12)16(23)19-14-9-11(17)7-8-13(14)18/h2-9,22H,1H3,(H,19,23)/b15-10+,21-20?. The van der Waals surface area contributed by atoms with Gasteiger partial charge in [-0.2, -0.15) is 5.11 Å². The molecule has 0 unspecified atom stereocenters. The van der Waals surface area contributed by atoms with Gasteiger partial charge in [-0.1, -0.05) is 41.4 Å². The Balaban J connectivity index is 2.22. The molecule has 118 valence electrons. The lowest BCUT2D eigenvalue weighted by atomic mass is 10.3. The summed E-state index contributed by atoms with van der Waals surface area (Å²) in [6.45, 7) is 1.35. The highest BCUT2D eigenvalue weighted by atomic mass is 35.5. The van der Waals surface area contributed by atoms with Gasteiger partial charge >= 0.3 is 0 Å². The zero-order chi connectivity index (χ0) is 16.8. The smallest absolute Gasteiger partial charge is 0.279 e. The van der Waals surface area contributed by atoms with Crippen LogP contribution in [0.2, 0.25) is 10.0 Å². The van der Waals surface area contributed by atoms with Crippen molar-refractivity contribution < 1.29 is 9.90 Å². The van der Waals surface area contributed by atoms with Gasteiger partial charge in [-0.25, -0.2) is 0 Å². The predicted octanol–water partition coefficient (Wildman–Crippen LogP) is 5.51. The molecule has 0 fully saturated rings. The minimum Gasteiger partial charge on any atom is -0.510 e. The average Bonchev–Trinajstić information content (AvgIpc) is 2.52. The fourth-order valence-electron chi connectivity index (χ4n) is 1.66. The number of allylic oxidation sites excluding steroid dienone is 1. The first-order valence-electron chi connectivity index (χ1n) is 6.60. The van der Waals surface area contributed by atoms with Gasteiger partial charge in [0, 0.05) is 5.02 Å². The minimum atomic E-state index is -0.645. The molecular weight excluding hydrogens is 337 g/mol. The van der Waals surface area contributed by atoms with Crippen LogP contribution in [-0.4, -0.2) is 11.0 Å². The summed E-state index contributed by atoms with van der Waals surface area (Å²) in [6.07, 6.45) is 0. The van der Waals surface area contributed by atoms with Crippen molar-refractivity contribution in [3.05, 3.63) is 70.0 Å². The molecule has 0 spiro atoms. The highest BCUT2D eigenvalue weighted by molar-refractivity contribution is 6.35. The van der Waals surface area contributed by atoms with Crippen molar-refractivity contribution in [3.63, 3.8) is 0 Å². The van der Waals surface area contributed by atoms with Gasteiger partial charge in [-0.15, -0.1) is 5.11 Å². The molecule has 23 heavy (non-hydrogen) atoms. The molecule has 5 nitrogen and oxygen atoms in total. The third kappa shape index (κ3) is 4.81. The van der Waals surface area contributed by atoms with E-state index in [1.807, 2.05) is 6.07 Å². The van der Waals surface area contributed by atoms with E-state index < -0.39 is 5.91 Å². The Kier molecular flexibility index (Phi) is 5.73. The number of benzene rings is 2. The Morgan fingerprint density at radius 3 is 2.48 bits per heavy atom. The number of carbonyl (C=O) groups is 1. The fourth-order valence-corrected chi connectivity index (χ4v) is 2.00. The monoisotopic (exact) mass is 349 g/mol. The molecule has 7 heteroatoms. The number of azo groups is 1. The summed E-state index contributed by atoms with van der Waals surface area (Å²) >= 11 is 11.9. The van der Waals surface area contributed by atoms with Gasteiger partial charge in [0.15, 0.2) is 5.70 Å². The molecule has 0 aliphatic rings. The molecular formula is C16H13Cl2N3O2. The van der Waals surface area contributed by atoms with E-state index in [9.17, 15) is 9.90 Å². The molecule has 0 saturated heterocycles. The molecule has 0 radical (unpaired) electrons. The van der Waals surface area contributed by atoms with Crippen LogP contribution in [0.4, 0.5) is 11.4 Å². The van der Waals surface area contributed by atoms with E-state index >= 15 is 0 Å². The lowest BCUT2D eigenvalue weighted by molar-refractivity contribution is -0.113. The number of halogens is 2. The van der Waals surface area contributed by atoms with Gasteiger partial charge in [0.1, 0.15) is 5.76 Å². The maximum absolute atomic E-state index is 12.3. The van der Waals surface area contributed by atoms with Crippen molar-refractivity contribution in [3.8, 4) is 0 Å². The van der Waals surface area contributed by atoms with Crippen LogP contribution in [0.5, 0.6) is 0 Å². The highest BCUT2D eigenvalue weighted by Crippen LogP contribution is 2.26. The molecule has 0 bridgehead atoms. The zero-order valence-corrected chi connectivity index (χ0v) is 13.6. The molecule has 2 aromatic carbocycles. The molecule has 0 heterocycles. The lowest BCUT2D eigenvalue weighted by Gasteiger charge is -2.08. The van der Waals surface area contributed by atoms with Crippen molar-refractivity contribution in [1.82, 2.24) is 0 Å². The van der Waals surface area contributed by atoms with Crippen molar-refractivity contribution in [2.24, 2.45) is 10.2 Å². The SMILES string of the molecule is C/C(O)=C(\N=Nc1ccccc1)C(=O)Nc1cc(Cl)ccc1Cl. The number of hydrogen-bond acceptors (Lipinski definition) is 4. The minimum absolute atomic E-state index is 0.218. The number of aliphatic hydroxyl groups is 1. The van der Waals surface area contributed by atoms with E-state index in [4.69, 9.17) is 23.2 Å². The average molecular weight is 350 g/mol. The van der Waals surface area contributed by atoms with E-state index in [1.54, 1.807) is 36.4 Å². The van der Waals surface area contributed by atoms with Crippen LogP contribution in [0.15, 0.2) is 70.2 Å². The van der Waals surface area contributed by atoms with Crippen molar-refractivity contribution in [1.29, 1.82) is 0 Å². The molecule has 0 atom stereocenters. The molecule has 0 saturated carbocycles. The van der Waals surface area contributed by atoms with Crippen molar-refractivity contribution in [2.75, 3.05) is 5.32 Å². The summed E-state index contributed by atoms with van der Waals surface area (Å²) in [4.78, 5) is 12.3. The first kappa shape index (κ1) is 17.0. The van der Waals surface area contributed by atoms with Crippen molar-refractivity contribution >= 4 is 40.5 Å². The highest BCUT2D eigenvalue weighted by Gasteiger charge is 2.15. The van der Waals surface area contributed by atoms with E-state index in [0.717, 1.165) is 0 Å². The molecule has 2 aromatic rings. The number of carbonyl (C=O) groups excluding carboxylic acids is 1.